The Morgan fingerprint density at radius 2 is 1.40 bits per heavy atom. The van der Waals surface area contributed by atoms with Crippen LogP contribution in [0.5, 0.6) is 0 Å². The summed E-state index contributed by atoms with van der Waals surface area (Å²) in [6.07, 6.45) is 14.4. The number of Topliss-reactive ketones (excluding diaryl/α,β-unsaturated/α-hetero) is 2. The van der Waals surface area contributed by atoms with Crippen molar-refractivity contribution in [2.45, 2.75) is 64.7 Å². The summed E-state index contributed by atoms with van der Waals surface area (Å²) < 4.78 is 0. The highest BCUT2D eigenvalue weighted by Crippen LogP contribution is 2.25. The van der Waals surface area contributed by atoms with E-state index in [1.807, 2.05) is 6.08 Å². The Morgan fingerprint density at radius 1 is 0.840 bits per heavy atom. The molecule has 1 aromatic rings. The zero-order chi connectivity index (χ0) is 18.1. The highest BCUT2D eigenvalue weighted by atomic mass is 16.3. The van der Waals surface area contributed by atoms with Crippen molar-refractivity contribution in [1.82, 2.24) is 0 Å². The SMILES string of the molecule is CCCCCCCCCC/C=C/C1=C(O)C(=O)c2ccccc2C1=O. The quantitative estimate of drug-likeness (QED) is 0.534. The van der Waals surface area contributed by atoms with Gasteiger partial charge in [-0.15, -0.1) is 0 Å². The van der Waals surface area contributed by atoms with Crippen molar-refractivity contribution in [2.75, 3.05) is 0 Å². The summed E-state index contributed by atoms with van der Waals surface area (Å²) in [5.74, 6) is -1.18. The highest BCUT2D eigenvalue weighted by molar-refractivity contribution is 6.26. The van der Waals surface area contributed by atoms with E-state index >= 15 is 0 Å². The fourth-order valence-corrected chi connectivity index (χ4v) is 3.13. The molecule has 134 valence electrons. The molecule has 1 N–H and O–H groups in total. The van der Waals surface area contributed by atoms with E-state index in [-0.39, 0.29) is 16.9 Å². The van der Waals surface area contributed by atoms with Gasteiger partial charge in [-0.25, -0.2) is 0 Å². The Hall–Kier alpha value is -2.16. The molecule has 0 unspecified atom stereocenters. The molecule has 0 radical (unpaired) electrons. The zero-order valence-electron chi connectivity index (χ0n) is 15.1. The molecule has 1 aliphatic carbocycles. The molecule has 2 rings (SSSR count). The van der Waals surface area contributed by atoms with Crippen LogP contribution >= 0.6 is 0 Å². The number of hydrogen-bond donors (Lipinski definition) is 1. The summed E-state index contributed by atoms with van der Waals surface area (Å²) in [5.41, 5.74) is 0.769. The molecule has 0 atom stereocenters. The minimum atomic E-state index is -0.470. The number of aliphatic hydroxyl groups is 1. The maximum Gasteiger partial charge on any atom is 0.228 e. The summed E-state index contributed by atoms with van der Waals surface area (Å²) in [5, 5.41) is 10.1. The van der Waals surface area contributed by atoms with Crippen molar-refractivity contribution in [2.24, 2.45) is 0 Å². The number of ketones is 2. The third kappa shape index (κ3) is 5.15. The maximum atomic E-state index is 12.4. The Balaban J connectivity index is 1.80. The van der Waals surface area contributed by atoms with Crippen LogP contribution in [-0.2, 0) is 0 Å². The van der Waals surface area contributed by atoms with Crippen molar-refractivity contribution in [3.8, 4) is 0 Å². The molecule has 0 aromatic heterocycles. The van der Waals surface area contributed by atoms with Gasteiger partial charge in [0.05, 0.1) is 5.57 Å². The van der Waals surface area contributed by atoms with E-state index in [4.69, 9.17) is 0 Å². The van der Waals surface area contributed by atoms with Gasteiger partial charge >= 0.3 is 0 Å². The number of benzene rings is 1. The van der Waals surface area contributed by atoms with Gasteiger partial charge in [-0.05, 0) is 12.8 Å². The normalized spacial score (nSPS) is 14.4. The van der Waals surface area contributed by atoms with Crippen LogP contribution in [0.15, 0.2) is 47.7 Å². The van der Waals surface area contributed by atoms with Gasteiger partial charge in [0.2, 0.25) is 5.78 Å². The lowest BCUT2D eigenvalue weighted by Crippen LogP contribution is -2.21. The van der Waals surface area contributed by atoms with Crippen molar-refractivity contribution < 1.29 is 14.7 Å². The number of hydrogen-bond acceptors (Lipinski definition) is 3. The molecule has 0 saturated heterocycles. The molecule has 1 aliphatic rings. The number of rotatable bonds is 10. The predicted molar refractivity (Wildman–Crippen MR) is 101 cm³/mol. The van der Waals surface area contributed by atoms with E-state index in [0.29, 0.717) is 5.56 Å². The average molecular weight is 340 g/mol. The fraction of sp³-hybridized carbons (Fsp3) is 0.455. The van der Waals surface area contributed by atoms with Crippen LogP contribution < -0.4 is 0 Å². The number of allylic oxidation sites excluding steroid dienone is 4. The van der Waals surface area contributed by atoms with E-state index in [9.17, 15) is 14.7 Å². The predicted octanol–water partition coefficient (Wildman–Crippen LogP) is 5.96. The standard InChI is InChI=1S/C22H28O3/c1-2-3-4-5-6-7-8-9-10-11-16-19-20(23)17-14-12-13-15-18(17)21(24)22(19)25/h11-16,25H,2-10H2,1H3/b16-11+. The minimum absolute atomic E-state index is 0.114. The molecule has 0 spiro atoms. The first-order chi connectivity index (χ1) is 12.2. The third-order valence-corrected chi connectivity index (χ3v) is 4.64. The summed E-state index contributed by atoms with van der Waals surface area (Å²) in [7, 11) is 0. The first-order valence-corrected chi connectivity index (χ1v) is 9.45. The number of carbonyl (C=O) groups is 2. The van der Waals surface area contributed by atoms with E-state index in [1.54, 1.807) is 30.3 Å². The van der Waals surface area contributed by atoms with E-state index in [2.05, 4.69) is 6.92 Å². The number of aliphatic hydroxyl groups excluding tert-OH is 1. The molecule has 0 fully saturated rings. The Bertz CT molecular complexity index is 668. The van der Waals surface area contributed by atoms with Gasteiger partial charge in [0.15, 0.2) is 11.5 Å². The Labute approximate surface area is 150 Å². The fourth-order valence-electron chi connectivity index (χ4n) is 3.13. The van der Waals surface area contributed by atoms with Crippen LogP contribution in [0.3, 0.4) is 0 Å². The van der Waals surface area contributed by atoms with Crippen molar-refractivity contribution in [1.29, 1.82) is 0 Å². The van der Waals surface area contributed by atoms with Gasteiger partial charge in [-0.2, -0.15) is 0 Å². The Morgan fingerprint density at radius 3 is 2.04 bits per heavy atom. The molecule has 0 heterocycles. The lowest BCUT2D eigenvalue weighted by atomic mass is 9.88. The third-order valence-electron chi connectivity index (χ3n) is 4.64. The number of carbonyl (C=O) groups excluding carboxylic acids is 2. The molecule has 0 saturated carbocycles. The van der Waals surface area contributed by atoms with Crippen molar-refractivity contribution in [3.63, 3.8) is 0 Å². The first kappa shape index (κ1) is 19.2. The maximum absolute atomic E-state index is 12.4. The van der Waals surface area contributed by atoms with Gasteiger partial charge < -0.3 is 5.11 Å². The largest absolute Gasteiger partial charge is 0.504 e. The topological polar surface area (TPSA) is 54.4 Å². The lowest BCUT2D eigenvalue weighted by molar-refractivity contribution is 0.0932. The Kier molecular flexibility index (Phi) is 7.65. The molecular formula is C22H28O3. The van der Waals surface area contributed by atoms with E-state index < -0.39 is 11.5 Å². The molecule has 25 heavy (non-hydrogen) atoms. The van der Waals surface area contributed by atoms with Crippen LogP contribution in [0.25, 0.3) is 0 Å². The molecule has 0 aliphatic heterocycles. The molecule has 3 nitrogen and oxygen atoms in total. The zero-order valence-corrected chi connectivity index (χ0v) is 15.1. The van der Waals surface area contributed by atoms with Gasteiger partial charge in [-0.1, -0.05) is 88.3 Å². The summed E-state index contributed by atoms with van der Waals surface area (Å²) in [6.45, 7) is 2.22. The molecule has 0 bridgehead atoms. The average Bonchev–Trinajstić information content (AvgIpc) is 2.64. The number of fused-ring (bicyclic) bond motifs is 1. The second-order valence-corrected chi connectivity index (χ2v) is 6.63. The van der Waals surface area contributed by atoms with Gasteiger partial charge in [0, 0.05) is 11.1 Å². The van der Waals surface area contributed by atoms with E-state index in [0.717, 1.165) is 12.8 Å². The minimum Gasteiger partial charge on any atom is -0.504 e. The summed E-state index contributed by atoms with van der Waals surface area (Å²) >= 11 is 0. The van der Waals surface area contributed by atoms with Crippen LogP contribution in [0.4, 0.5) is 0 Å². The number of unbranched alkanes of at least 4 members (excludes halogenated alkanes) is 8. The smallest absolute Gasteiger partial charge is 0.228 e. The second kappa shape index (κ2) is 9.97. The second-order valence-electron chi connectivity index (χ2n) is 6.63. The van der Waals surface area contributed by atoms with Gasteiger partial charge in [0.1, 0.15) is 0 Å². The van der Waals surface area contributed by atoms with Crippen molar-refractivity contribution in [3.05, 3.63) is 58.9 Å². The van der Waals surface area contributed by atoms with E-state index in [1.165, 1.54) is 44.9 Å². The van der Waals surface area contributed by atoms with Crippen LogP contribution in [0, 0.1) is 0 Å². The molecule has 1 aromatic carbocycles. The molecular weight excluding hydrogens is 312 g/mol. The van der Waals surface area contributed by atoms with Crippen LogP contribution in [0.1, 0.15) is 85.4 Å². The van der Waals surface area contributed by atoms with Gasteiger partial charge in [0.25, 0.3) is 0 Å². The van der Waals surface area contributed by atoms with Crippen LogP contribution in [0.2, 0.25) is 0 Å². The van der Waals surface area contributed by atoms with Gasteiger partial charge in [-0.3, -0.25) is 9.59 Å². The van der Waals surface area contributed by atoms with Crippen molar-refractivity contribution >= 4 is 11.6 Å². The summed E-state index contributed by atoms with van der Waals surface area (Å²) in [4.78, 5) is 24.6. The molecule has 0 amide bonds. The first-order valence-electron chi connectivity index (χ1n) is 9.45. The summed E-state index contributed by atoms with van der Waals surface area (Å²) in [6, 6.07) is 6.63. The molecule has 3 heteroatoms. The van der Waals surface area contributed by atoms with Crippen LogP contribution in [-0.4, -0.2) is 16.7 Å². The lowest BCUT2D eigenvalue weighted by Gasteiger charge is -2.15. The monoisotopic (exact) mass is 340 g/mol. The highest BCUT2D eigenvalue weighted by Gasteiger charge is 2.30.